The summed E-state index contributed by atoms with van der Waals surface area (Å²) in [5.74, 6) is 0. The average molecular weight is 215 g/mol. The Balaban J connectivity index is 3.16. The van der Waals surface area contributed by atoms with E-state index in [9.17, 15) is 18.0 Å². The maximum atomic E-state index is 12.3. The lowest BCUT2D eigenvalue weighted by atomic mass is 10.1. The Labute approximate surface area is 84.2 Å². The molecular weight excluding hydrogens is 207 g/mol. The van der Waals surface area contributed by atoms with Gasteiger partial charge in [0.25, 0.3) is 0 Å². The number of carbonyl (C=O) groups is 1. The van der Waals surface area contributed by atoms with Crippen molar-refractivity contribution >= 4 is 18.0 Å². The number of nitrogen functional groups attached to an aromatic ring is 1. The third-order valence-electron chi connectivity index (χ3n) is 1.67. The van der Waals surface area contributed by atoms with E-state index in [-0.39, 0.29) is 11.3 Å². The van der Waals surface area contributed by atoms with Crippen LogP contribution in [0.25, 0.3) is 6.08 Å². The molecule has 0 saturated heterocycles. The quantitative estimate of drug-likeness (QED) is 0.468. The topological polar surface area (TPSA) is 43.1 Å². The van der Waals surface area contributed by atoms with Gasteiger partial charge in [-0.05, 0) is 29.8 Å². The predicted octanol–water partition coefficient (Wildman–Crippen LogP) is 2.50. The van der Waals surface area contributed by atoms with E-state index in [0.717, 1.165) is 18.2 Å². The number of hydrogen-bond donors (Lipinski definition) is 1. The molecule has 0 aliphatic carbocycles. The molecule has 0 atom stereocenters. The molecule has 1 aromatic rings. The smallest absolute Gasteiger partial charge is 0.399 e. The molecule has 0 fully saturated rings. The van der Waals surface area contributed by atoms with Gasteiger partial charge < -0.3 is 5.73 Å². The lowest BCUT2D eigenvalue weighted by Gasteiger charge is -2.08. The summed E-state index contributed by atoms with van der Waals surface area (Å²) < 4.78 is 37.0. The first-order chi connectivity index (χ1) is 6.93. The molecule has 0 aliphatic rings. The minimum atomic E-state index is -4.43. The summed E-state index contributed by atoms with van der Waals surface area (Å²) >= 11 is 0. The molecule has 1 aromatic carbocycles. The van der Waals surface area contributed by atoms with Crippen molar-refractivity contribution in [3.63, 3.8) is 0 Å². The average Bonchev–Trinajstić information content (AvgIpc) is 2.12. The van der Waals surface area contributed by atoms with Crippen molar-refractivity contribution in [3.05, 3.63) is 35.4 Å². The van der Waals surface area contributed by atoms with Crippen LogP contribution in [0.15, 0.2) is 24.3 Å². The van der Waals surface area contributed by atoms with E-state index >= 15 is 0 Å². The molecule has 0 aliphatic heterocycles. The number of carbonyl (C=O) groups excluding carboxylic acids is 1. The number of halogens is 3. The van der Waals surface area contributed by atoms with Crippen LogP contribution in [0.2, 0.25) is 0 Å². The second kappa shape index (κ2) is 4.16. The van der Waals surface area contributed by atoms with Crippen LogP contribution in [0.3, 0.4) is 0 Å². The van der Waals surface area contributed by atoms with Crippen molar-refractivity contribution < 1.29 is 18.0 Å². The van der Waals surface area contributed by atoms with Gasteiger partial charge >= 0.3 is 6.18 Å². The first kappa shape index (κ1) is 11.3. The summed E-state index contributed by atoms with van der Waals surface area (Å²) in [6.07, 6.45) is -1.58. The Hall–Kier alpha value is -1.78. The second-order valence-electron chi connectivity index (χ2n) is 2.88. The number of hydrogen-bond acceptors (Lipinski definition) is 2. The fraction of sp³-hybridized carbons (Fsp3) is 0.100. The van der Waals surface area contributed by atoms with Crippen LogP contribution in [-0.4, -0.2) is 6.29 Å². The molecule has 2 N–H and O–H groups in total. The van der Waals surface area contributed by atoms with Gasteiger partial charge in [-0.2, -0.15) is 13.2 Å². The molecule has 0 spiro atoms. The van der Waals surface area contributed by atoms with Gasteiger partial charge in [-0.25, -0.2) is 0 Å². The molecule has 0 unspecified atom stereocenters. The normalized spacial score (nSPS) is 11.9. The standard InChI is InChI=1S/C10H8F3NO/c11-10(12,13)8-4-7(2-1-3-15)5-9(14)6-8/h1-6H,14H2. The highest BCUT2D eigenvalue weighted by Gasteiger charge is 2.30. The number of benzene rings is 1. The number of allylic oxidation sites excluding steroid dienone is 1. The molecule has 2 nitrogen and oxygen atoms in total. The van der Waals surface area contributed by atoms with Crippen LogP contribution in [0.4, 0.5) is 18.9 Å². The molecule has 15 heavy (non-hydrogen) atoms. The van der Waals surface area contributed by atoms with Gasteiger partial charge in [-0.3, -0.25) is 4.79 Å². The highest BCUT2D eigenvalue weighted by molar-refractivity contribution is 5.74. The molecule has 80 valence electrons. The molecule has 1 rings (SSSR count). The van der Waals surface area contributed by atoms with E-state index in [4.69, 9.17) is 5.73 Å². The zero-order valence-electron chi connectivity index (χ0n) is 7.58. The summed E-state index contributed by atoms with van der Waals surface area (Å²) in [5, 5.41) is 0. The maximum Gasteiger partial charge on any atom is 0.416 e. The summed E-state index contributed by atoms with van der Waals surface area (Å²) in [5.41, 5.74) is 4.73. The number of nitrogens with two attached hydrogens (primary N) is 1. The van der Waals surface area contributed by atoms with Crippen LogP contribution in [-0.2, 0) is 11.0 Å². The molecule has 0 bridgehead atoms. The SMILES string of the molecule is Nc1cc(C=CC=O)cc(C(F)(F)F)c1. The predicted molar refractivity (Wildman–Crippen MR) is 51.0 cm³/mol. The second-order valence-corrected chi connectivity index (χ2v) is 2.88. The highest BCUT2D eigenvalue weighted by atomic mass is 19.4. The molecule has 0 radical (unpaired) electrons. The zero-order valence-corrected chi connectivity index (χ0v) is 7.58. The summed E-state index contributed by atoms with van der Waals surface area (Å²) in [7, 11) is 0. The fourth-order valence-electron chi connectivity index (χ4n) is 1.09. The Morgan fingerprint density at radius 2 is 1.87 bits per heavy atom. The Morgan fingerprint density at radius 3 is 2.40 bits per heavy atom. The van der Waals surface area contributed by atoms with Crippen LogP contribution >= 0.6 is 0 Å². The van der Waals surface area contributed by atoms with Crippen LogP contribution in [0, 0.1) is 0 Å². The van der Waals surface area contributed by atoms with E-state index < -0.39 is 11.7 Å². The Morgan fingerprint density at radius 1 is 1.20 bits per heavy atom. The van der Waals surface area contributed by atoms with Gasteiger partial charge in [-0.15, -0.1) is 0 Å². The van der Waals surface area contributed by atoms with Gasteiger partial charge in [0.05, 0.1) is 5.56 Å². The van der Waals surface area contributed by atoms with Crippen molar-refractivity contribution in [1.82, 2.24) is 0 Å². The van der Waals surface area contributed by atoms with Crippen molar-refractivity contribution in [3.8, 4) is 0 Å². The largest absolute Gasteiger partial charge is 0.416 e. The monoisotopic (exact) mass is 215 g/mol. The molecule has 0 saturated carbocycles. The lowest BCUT2D eigenvalue weighted by Crippen LogP contribution is -2.06. The van der Waals surface area contributed by atoms with Crippen LogP contribution in [0.1, 0.15) is 11.1 Å². The van der Waals surface area contributed by atoms with Crippen molar-refractivity contribution in [2.75, 3.05) is 5.73 Å². The molecule has 0 aromatic heterocycles. The minimum Gasteiger partial charge on any atom is -0.399 e. The number of alkyl halides is 3. The lowest BCUT2D eigenvalue weighted by molar-refractivity contribution is -0.137. The van der Waals surface area contributed by atoms with E-state index in [1.807, 2.05) is 0 Å². The third-order valence-corrected chi connectivity index (χ3v) is 1.67. The number of anilines is 1. The van der Waals surface area contributed by atoms with Gasteiger partial charge in [0.2, 0.25) is 0 Å². The number of rotatable bonds is 2. The van der Waals surface area contributed by atoms with Gasteiger partial charge in [0.1, 0.15) is 6.29 Å². The van der Waals surface area contributed by atoms with Crippen LogP contribution in [0.5, 0.6) is 0 Å². The Bertz CT molecular complexity index is 396. The highest BCUT2D eigenvalue weighted by Crippen LogP contribution is 2.31. The van der Waals surface area contributed by atoms with Crippen molar-refractivity contribution in [2.24, 2.45) is 0 Å². The van der Waals surface area contributed by atoms with E-state index in [1.54, 1.807) is 0 Å². The van der Waals surface area contributed by atoms with E-state index in [2.05, 4.69) is 0 Å². The fourth-order valence-corrected chi connectivity index (χ4v) is 1.09. The van der Waals surface area contributed by atoms with E-state index in [0.29, 0.717) is 6.29 Å². The summed E-state index contributed by atoms with van der Waals surface area (Å²) in [6.45, 7) is 0. The summed E-state index contributed by atoms with van der Waals surface area (Å²) in [6, 6.07) is 3.13. The molecular formula is C10H8F3NO. The van der Waals surface area contributed by atoms with Gasteiger partial charge in [0, 0.05) is 5.69 Å². The van der Waals surface area contributed by atoms with Gasteiger partial charge in [-0.1, -0.05) is 6.08 Å². The summed E-state index contributed by atoms with van der Waals surface area (Å²) in [4.78, 5) is 10.0. The van der Waals surface area contributed by atoms with Crippen molar-refractivity contribution in [2.45, 2.75) is 6.18 Å². The Kier molecular flexibility index (Phi) is 3.14. The maximum absolute atomic E-state index is 12.3. The van der Waals surface area contributed by atoms with Gasteiger partial charge in [0.15, 0.2) is 0 Å². The van der Waals surface area contributed by atoms with E-state index in [1.165, 1.54) is 12.1 Å². The minimum absolute atomic E-state index is 0.00961. The first-order valence-corrected chi connectivity index (χ1v) is 4.03. The molecule has 0 heterocycles. The number of aldehydes is 1. The first-order valence-electron chi connectivity index (χ1n) is 4.03. The zero-order chi connectivity index (χ0) is 11.5. The molecule has 5 heteroatoms. The third kappa shape index (κ3) is 3.12. The van der Waals surface area contributed by atoms with Crippen LogP contribution < -0.4 is 5.73 Å². The van der Waals surface area contributed by atoms with Crippen molar-refractivity contribution in [1.29, 1.82) is 0 Å². The molecule has 0 amide bonds.